The Morgan fingerprint density at radius 1 is 1.12 bits per heavy atom. The first-order chi connectivity index (χ1) is 20.4. The van der Waals surface area contributed by atoms with Crippen LogP contribution in [-0.4, -0.2) is 84.5 Å². The van der Waals surface area contributed by atoms with Crippen molar-refractivity contribution in [3.8, 4) is 11.1 Å². The molecular formula is C30H35ClF2N4O5S. The van der Waals surface area contributed by atoms with Crippen LogP contribution in [0.1, 0.15) is 26.3 Å². The van der Waals surface area contributed by atoms with Crippen LogP contribution in [0.4, 0.5) is 19.4 Å². The van der Waals surface area contributed by atoms with E-state index in [-0.39, 0.29) is 29.3 Å². The zero-order chi connectivity index (χ0) is 31.1. The van der Waals surface area contributed by atoms with Gasteiger partial charge in [-0.3, -0.25) is 4.57 Å². The molecule has 1 amide bonds. The van der Waals surface area contributed by atoms with Crippen LogP contribution in [0, 0.1) is 18.6 Å². The summed E-state index contributed by atoms with van der Waals surface area (Å²) in [7, 11) is 1.59. The van der Waals surface area contributed by atoms with Gasteiger partial charge in [-0.2, -0.15) is 4.98 Å². The van der Waals surface area contributed by atoms with E-state index in [2.05, 4.69) is 4.98 Å². The number of nitrogens with zero attached hydrogens (tertiary/aromatic N) is 4. The highest BCUT2D eigenvalue weighted by Crippen LogP contribution is 2.45. The van der Waals surface area contributed by atoms with Gasteiger partial charge in [0.2, 0.25) is 0 Å². The van der Waals surface area contributed by atoms with Crippen LogP contribution in [0.25, 0.3) is 22.0 Å². The van der Waals surface area contributed by atoms with Gasteiger partial charge in [0.15, 0.2) is 0 Å². The number of halogens is 3. The zero-order valence-corrected chi connectivity index (χ0v) is 26.4. The van der Waals surface area contributed by atoms with Crippen molar-refractivity contribution < 1.29 is 27.8 Å². The summed E-state index contributed by atoms with van der Waals surface area (Å²) in [5.41, 5.74) is 0.938. The van der Waals surface area contributed by atoms with E-state index >= 15 is 4.39 Å². The number of carbonyl (C=O) groups is 1. The average Bonchev–Trinajstić information content (AvgIpc) is 3.13. The molecule has 1 atom stereocenters. The minimum atomic E-state index is -0.847. The summed E-state index contributed by atoms with van der Waals surface area (Å²) < 4.78 is 47.7. The normalized spacial score (nSPS) is 17.3. The number of benzene rings is 2. The summed E-state index contributed by atoms with van der Waals surface area (Å²) in [6.07, 6.45) is -0.724. The number of thioether (sulfide) groups is 1. The largest absolute Gasteiger partial charge is 0.444 e. The summed E-state index contributed by atoms with van der Waals surface area (Å²) in [6, 6.07) is 3.95. The molecule has 232 valence electrons. The van der Waals surface area contributed by atoms with E-state index in [4.69, 9.17) is 25.8 Å². The SMILES string of the molecule is COCCO[C@H]1CSc2c(-c3cc(Cl)c(F)cc3F)c(C)cc3c(N4CCN(C(=O)OC(C)(C)C)CC4)nc(=O)n(c23)C1. The fourth-order valence-corrected chi connectivity index (χ4v) is 6.87. The predicted molar refractivity (Wildman–Crippen MR) is 163 cm³/mol. The maximum absolute atomic E-state index is 15.3. The number of methoxy groups -OCH3 is 1. The van der Waals surface area contributed by atoms with Crippen molar-refractivity contribution in [1.82, 2.24) is 14.5 Å². The molecule has 0 bridgehead atoms. The quantitative estimate of drug-likeness (QED) is 0.259. The molecular weight excluding hydrogens is 602 g/mol. The highest BCUT2D eigenvalue weighted by atomic mass is 35.5. The number of aryl methyl sites for hydroxylation is 1. The molecule has 5 rings (SSSR count). The van der Waals surface area contributed by atoms with Crippen molar-refractivity contribution in [1.29, 1.82) is 0 Å². The lowest BCUT2D eigenvalue weighted by atomic mass is 9.97. The van der Waals surface area contributed by atoms with Crippen LogP contribution >= 0.6 is 23.4 Å². The Kier molecular flexibility index (Phi) is 9.22. The molecule has 2 aliphatic heterocycles. The van der Waals surface area contributed by atoms with Gasteiger partial charge in [-0.1, -0.05) is 11.6 Å². The minimum Gasteiger partial charge on any atom is -0.444 e. The Hall–Kier alpha value is -2.93. The van der Waals surface area contributed by atoms with Crippen LogP contribution in [-0.2, 0) is 20.8 Å². The molecule has 2 aliphatic rings. The number of ether oxygens (including phenoxy) is 3. The van der Waals surface area contributed by atoms with Crippen molar-refractivity contribution in [2.45, 2.75) is 50.8 Å². The fraction of sp³-hybridized carbons (Fsp3) is 0.500. The molecule has 9 nitrogen and oxygen atoms in total. The van der Waals surface area contributed by atoms with E-state index in [0.29, 0.717) is 66.9 Å². The van der Waals surface area contributed by atoms with Gasteiger partial charge in [-0.15, -0.1) is 11.8 Å². The Labute approximate surface area is 258 Å². The van der Waals surface area contributed by atoms with Crippen LogP contribution in [0.15, 0.2) is 27.9 Å². The monoisotopic (exact) mass is 636 g/mol. The number of rotatable bonds is 6. The number of piperazine rings is 1. The lowest BCUT2D eigenvalue weighted by Gasteiger charge is -2.36. The molecule has 0 N–H and O–H groups in total. The number of carbonyl (C=O) groups excluding carboxylic acids is 1. The molecule has 1 aromatic heterocycles. The summed E-state index contributed by atoms with van der Waals surface area (Å²) >= 11 is 7.56. The van der Waals surface area contributed by atoms with Crippen LogP contribution < -0.4 is 10.6 Å². The Morgan fingerprint density at radius 3 is 2.51 bits per heavy atom. The molecule has 0 saturated carbocycles. The number of hydrogen-bond donors (Lipinski definition) is 0. The third-order valence-corrected chi connectivity index (χ3v) is 8.86. The van der Waals surface area contributed by atoms with E-state index in [0.717, 1.165) is 17.0 Å². The van der Waals surface area contributed by atoms with E-state index in [9.17, 15) is 14.0 Å². The molecule has 13 heteroatoms. The second-order valence-electron chi connectivity index (χ2n) is 11.6. The first kappa shape index (κ1) is 31.5. The van der Waals surface area contributed by atoms with Gasteiger partial charge in [0.05, 0.1) is 36.4 Å². The highest BCUT2D eigenvalue weighted by Gasteiger charge is 2.31. The van der Waals surface area contributed by atoms with Gasteiger partial charge in [-0.25, -0.2) is 18.4 Å². The van der Waals surface area contributed by atoms with Crippen molar-refractivity contribution in [2.75, 3.05) is 57.2 Å². The summed E-state index contributed by atoms with van der Waals surface area (Å²) in [5, 5.41) is 0.526. The molecule has 3 heterocycles. The van der Waals surface area contributed by atoms with Gasteiger partial charge >= 0.3 is 11.8 Å². The van der Waals surface area contributed by atoms with E-state index in [1.54, 1.807) is 16.6 Å². The van der Waals surface area contributed by atoms with Crippen molar-refractivity contribution >= 4 is 46.2 Å². The Balaban J connectivity index is 1.61. The van der Waals surface area contributed by atoms with Gasteiger partial charge in [-0.05, 0) is 45.4 Å². The average molecular weight is 637 g/mol. The lowest BCUT2D eigenvalue weighted by Crippen LogP contribution is -2.50. The van der Waals surface area contributed by atoms with Gasteiger partial charge in [0, 0.05) is 66.5 Å². The van der Waals surface area contributed by atoms with Crippen LogP contribution in [0.5, 0.6) is 0 Å². The second kappa shape index (κ2) is 12.6. The Bertz CT molecular complexity index is 1600. The van der Waals surface area contributed by atoms with Crippen LogP contribution in [0.3, 0.4) is 0 Å². The standard InChI is InChI=1S/C30H35ClF2N4O5S/c1-17-12-20-25-26(24(17)19-13-21(31)23(33)14-22(19)32)43-16-18(41-11-10-40-5)15-37(25)28(38)34-27(20)35-6-8-36(9-7-35)29(39)42-30(2,3)4/h12-14,18H,6-11,15-16H2,1-5H3/t18-/m1/s1. The third-order valence-electron chi connectivity index (χ3n) is 7.35. The highest BCUT2D eigenvalue weighted by molar-refractivity contribution is 7.99. The lowest BCUT2D eigenvalue weighted by molar-refractivity contribution is 0.0211. The topological polar surface area (TPSA) is 86.1 Å². The molecule has 0 spiro atoms. The number of hydrogen-bond acceptors (Lipinski definition) is 8. The molecule has 1 fully saturated rings. The van der Waals surface area contributed by atoms with Gasteiger partial charge in [0.25, 0.3) is 0 Å². The van der Waals surface area contributed by atoms with Crippen molar-refractivity contribution in [3.63, 3.8) is 0 Å². The maximum Gasteiger partial charge on any atom is 0.410 e. The molecule has 2 aromatic carbocycles. The summed E-state index contributed by atoms with van der Waals surface area (Å²) in [4.78, 5) is 35.1. The zero-order valence-electron chi connectivity index (χ0n) is 24.8. The first-order valence-electron chi connectivity index (χ1n) is 14.1. The number of aromatic nitrogens is 2. The molecule has 0 radical (unpaired) electrons. The number of anilines is 1. The smallest absolute Gasteiger partial charge is 0.410 e. The first-order valence-corrected chi connectivity index (χ1v) is 15.4. The van der Waals surface area contributed by atoms with E-state index < -0.39 is 22.9 Å². The van der Waals surface area contributed by atoms with Crippen LogP contribution in [0.2, 0.25) is 5.02 Å². The van der Waals surface area contributed by atoms with Gasteiger partial charge < -0.3 is 24.0 Å². The molecule has 43 heavy (non-hydrogen) atoms. The Morgan fingerprint density at radius 2 is 1.84 bits per heavy atom. The van der Waals surface area contributed by atoms with E-state index in [1.165, 1.54) is 17.8 Å². The molecule has 3 aromatic rings. The molecule has 1 saturated heterocycles. The van der Waals surface area contributed by atoms with Crippen molar-refractivity contribution in [2.24, 2.45) is 0 Å². The van der Waals surface area contributed by atoms with E-state index in [1.807, 2.05) is 38.7 Å². The summed E-state index contributed by atoms with van der Waals surface area (Å²) in [5.74, 6) is -0.621. The second-order valence-corrected chi connectivity index (χ2v) is 13.1. The predicted octanol–water partition coefficient (Wildman–Crippen LogP) is 5.50. The maximum atomic E-state index is 15.3. The molecule has 0 aliphatic carbocycles. The molecule has 0 unspecified atom stereocenters. The minimum absolute atomic E-state index is 0.149. The fourth-order valence-electron chi connectivity index (χ4n) is 5.38. The number of amides is 1. The summed E-state index contributed by atoms with van der Waals surface area (Å²) in [6.45, 7) is 9.98. The van der Waals surface area contributed by atoms with Gasteiger partial charge in [0.1, 0.15) is 23.1 Å². The van der Waals surface area contributed by atoms with Crippen molar-refractivity contribution in [3.05, 3.63) is 50.9 Å². The third kappa shape index (κ3) is 6.62.